The summed E-state index contributed by atoms with van der Waals surface area (Å²) < 4.78 is 37.7. The van der Waals surface area contributed by atoms with E-state index in [9.17, 15) is 18.0 Å². The van der Waals surface area contributed by atoms with E-state index in [-0.39, 0.29) is 37.2 Å². The van der Waals surface area contributed by atoms with Crippen molar-refractivity contribution in [3.63, 3.8) is 0 Å². The number of fused-ring (bicyclic) bond motifs is 1. The van der Waals surface area contributed by atoms with Crippen LogP contribution in [0.5, 0.6) is 11.5 Å². The number of nitrogens with zero attached hydrogens (tertiary/aromatic N) is 2. The van der Waals surface area contributed by atoms with Crippen LogP contribution in [0.3, 0.4) is 0 Å². The van der Waals surface area contributed by atoms with E-state index in [1.165, 1.54) is 4.31 Å². The Morgan fingerprint density at radius 2 is 1.68 bits per heavy atom. The largest absolute Gasteiger partial charge is 0.486 e. The molecule has 3 rings (SSSR count). The lowest BCUT2D eigenvalue weighted by Gasteiger charge is -2.31. The van der Waals surface area contributed by atoms with Crippen LogP contribution in [0, 0.1) is 6.92 Å². The molecule has 0 bridgehead atoms. The van der Waals surface area contributed by atoms with Crippen molar-refractivity contribution in [2.75, 3.05) is 30.3 Å². The number of hydrogen-bond donors (Lipinski definition) is 1. The van der Waals surface area contributed by atoms with Crippen LogP contribution in [0.15, 0.2) is 42.5 Å². The van der Waals surface area contributed by atoms with Crippen molar-refractivity contribution in [2.45, 2.75) is 65.6 Å². The third kappa shape index (κ3) is 7.86. The SMILES string of the molecule is CCC(C(=O)NC(C)C)N(Cc1ccc(C)cc1)C(=O)CCCN(c1ccc2c(c1)OCCO2)S(C)(=O)=O. The van der Waals surface area contributed by atoms with Gasteiger partial charge >= 0.3 is 0 Å². The molecule has 0 aliphatic carbocycles. The highest BCUT2D eigenvalue weighted by Crippen LogP contribution is 2.34. The highest BCUT2D eigenvalue weighted by atomic mass is 32.2. The highest BCUT2D eigenvalue weighted by Gasteiger charge is 2.29. The Labute approximate surface area is 226 Å². The molecule has 1 atom stereocenters. The molecule has 9 nitrogen and oxygen atoms in total. The van der Waals surface area contributed by atoms with Crippen molar-refractivity contribution in [3.05, 3.63) is 53.6 Å². The van der Waals surface area contributed by atoms with E-state index in [2.05, 4.69) is 5.32 Å². The Balaban J connectivity index is 1.76. The van der Waals surface area contributed by atoms with Crippen molar-refractivity contribution in [2.24, 2.45) is 0 Å². The fourth-order valence-corrected chi connectivity index (χ4v) is 5.34. The molecular formula is C28H39N3O6S. The predicted octanol–water partition coefficient (Wildman–Crippen LogP) is 3.64. The quantitative estimate of drug-likeness (QED) is 0.437. The zero-order chi connectivity index (χ0) is 27.9. The molecule has 1 unspecified atom stereocenters. The molecule has 1 heterocycles. The maximum absolute atomic E-state index is 13.5. The standard InChI is InChI=1S/C28H39N3O6S/c1-6-24(28(33)29-20(2)3)30(19-22-11-9-21(4)10-12-22)27(32)8-7-15-31(38(5,34)35)23-13-14-25-26(18-23)37-17-16-36-25/h9-14,18,20,24H,6-8,15-17,19H2,1-5H3,(H,29,33). The van der Waals surface area contributed by atoms with Crippen LogP contribution in [0.1, 0.15) is 51.2 Å². The van der Waals surface area contributed by atoms with Gasteiger partial charge in [0, 0.05) is 31.6 Å². The Morgan fingerprint density at radius 1 is 1.03 bits per heavy atom. The van der Waals surface area contributed by atoms with Gasteiger partial charge in [0.15, 0.2) is 11.5 Å². The van der Waals surface area contributed by atoms with Crippen molar-refractivity contribution >= 4 is 27.5 Å². The molecule has 1 aliphatic heterocycles. The smallest absolute Gasteiger partial charge is 0.243 e. The van der Waals surface area contributed by atoms with Gasteiger partial charge in [0.2, 0.25) is 21.8 Å². The van der Waals surface area contributed by atoms with Crippen LogP contribution in [0.2, 0.25) is 0 Å². The highest BCUT2D eigenvalue weighted by molar-refractivity contribution is 7.92. The fraction of sp³-hybridized carbons (Fsp3) is 0.500. The number of amides is 2. The minimum Gasteiger partial charge on any atom is -0.486 e. The lowest BCUT2D eigenvalue weighted by atomic mass is 10.1. The number of aryl methyl sites for hydroxylation is 1. The van der Waals surface area contributed by atoms with Gasteiger partial charge in [0.25, 0.3) is 0 Å². The number of carbonyl (C=O) groups is 2. The second-order valence-electron chi connectivity index (χ2n) is 9.86. The number of sulfonamides is 1. The maximum Gasteiger partial charge on any atom is 0.243 e. The molecule has 0 spiro atoms. The van der Waals surface area contributed by atoms with E-state index in [1.54, 1.807) is 23.1 Å². The van der Waals surface area contributed by atoms with Gasteiger partial charge in [-0.3, -0.25) is 13.9 Å². The molecule has 0 saturated carbocycles. The monoisotopic (exact) mass is 545 g/mol. The number of nitrogens with one attached hydrogen (secondary N) is 1. The third-order valence-corrected chi connectivity index (χ3v) is 7.45. The molecule has 0 aromatic heterocycles. The minimum absolute atomic E-state index is 0.0535. The second-order valence-corrected chi connectivity index (χ2v) is 11.8. The van der Waals surface area contributed by atoms with Crippen LogP contribution in [-0.2, 0) is 26.2 Å². The molecule has 1 aliphatic rings. The molecule has 2 amide bonds. The van der Waals surface area contributed by atoms with E-state index >= 15 is 0 Å². The van der Waals surface area contributed by atoms with Crippen molar-refractivity contribution in [1.82, 2.24) is 10.2 Å². The van der Waals surface area contributed by atoms with E-state index in [4.69, 9.17) is 9.47 Å². The first-order valence-electron chi connectivity index (χ1n) is 13.0. The molecule has 0 fully saturated rings. The van der Waals surface area contributed by atoms with Gasteiger partial charge in [0.1, 0.15) is 19.3 Å². The lowest BCUT2D eigenvalue weighted by molar-refractivity contribution is -0.141. The average Bonchev–Trinajstić information content (AvgIpc) is 2.86. The van der Waals surface area contributed by atoms with Crippen LogP contribution in [-0.4, -0.2) is 63.2 Å². The molecule has 2 aromatic rings. The zero-order valence-electron chi connectivity index (χ0n) is 22.9. The van der Waals surface area contributed by atoms with Crippen LogP contribution in [0.25, 0.3) is 0 Å². The summed E-state index contributed by atoms with van der Waals surface area (Å²) in [7, 11) is -3.62. The number of benzene rings is 2. The predicted molar refractivity (Wildman–Crippen MR) is 148 cm³/mol. The summed E-state index contributed by atoms with van der Waals surface area (Å²) in [5.41, 5.74) is 2.48. The summed E-state index contributed by atoms with van der Waals surface area (Å²) in [6.07, 6.45) is 1.97. The summed E-state index contributed by atoms with van der Waals surface area (Å²) in [6, 6.07) is 12.2. The molecule has 1 N–H and O–H groups in total. The van der Waals surface area contributed by atoms with E-state index < -0.39 is 16.1 Å². The molecule has 0 saturated heterocycles. The van der Waals surface area contributed by atoms with Crippen LogP contribution in [0.4, 0.5) is 5.69 Å². The van der Waals surface area contributed by atoms with E-state index in [1.807, 2.05) is 52.0 Å². The first-order valence-corrected chi connectivity index (χ1v) is 14.9. The number of rotatable bonds is 12. The van der Waals surface area contributed by atoms with Crippen molar-refractivity contribution < 1.29 is 27.5 Å². The zero-order valence-corrected chi connectivity index (χ0v) is 23.7. The third-order valence-electron chi connectivity index (χ3n) is 6.26. The van der Waals surface area contributed by atoms with Gasteiger partial charge in [-0.1, -0.05) is 36.8 Å². The summed E-state index contributed by atoms with van der Waals surface area (Å²) >= 11 is 0. The summed E-state index contributed by atoms with van der Waals surface area (Å²) in [4.78, 5) is 28.1. The average molecular weight is 546 g/mol. The van der Waals surface area contributed by atoms with Gasteiger partial charge in [-0.25, -0.2) is 8.42 Å². The number of anilines is 1. The van der Waals surface area contributed by atoms with Gasteiger partial charge in [-0.15, -0.1) is 0 Å². The van der Waals surface area contributed by atoms with Crippen LogP contribution < -0.4 is 19.1 Å². The lowest BCUT2D eigenvalue weighted by Crippen LogP contribution is -2.50. The molecule has 2 aromatic carbocycles. The van der Waals surface area contributed by atoms with Gasteiger partial charge in [-0.05, 0) is 51.3 Å². The normalized spacial score (nSPS) is 13.6. The van der Waals surface area contributed by atoms with E-state index in [0.29, 0.717) is 43.4 Å². The second kappa shape index (κ2) is 13.0. The Bertz CT molecular complexity index is 1210. The Morgan fingerprint density at radius 3 is 2.29 bits per heavy atom. The molecular weight excluding hydrogens is 506 g/mol. The van der Waals surface area contributed by atoms with Gasteiger partial charge in [0.05, 0.1) is 11.9 Å². The minimum atomic E-state index is -3.62. The number of ether oxygens (including phenoxy) is 2. The number of hydrogen-bond acceptors (Lipinski definition) is 6. The maximum atomic E-state index is 13.5. The molecule has 10 heteroatoms. The van der Waals surface area contributed by atoms with Crippen molar-refractivity contribution in [1.29, 1.82) is 0 Å². The first kappa shape index (κ1) is 29.3. The first-order chi connectivity index (χ1) is 18.0. The van der Waals surface area contributed by atoms with Crippen molar-refractivity contribution in [3.8, 4) is 11.5 Å². The topological polar surface area (TPSA) is 105 Å². The summed E-state index contributed by atoms with van der Waals surface area (Å²) in [5.74, 6) is 0.661. The Hall–Kier alpha value is -3.27. The molecule has 208 valence electrons. The molecule has 0 radical (unpaired) electrons. The Kier molecular flexibility index (Phi) is 10.0. The molecule has 38 heavy (non-hydrogen) atoms. The van der Waals surface area contributed by atoms with Crippen LogP contribution >= 0.6 is 0 Å². The van der Waals surface area contributed by atoms with E-state index in [0.717, 1.165) is 17.4 Å². The number of carbonyl (C=O) groups excluding carboxylic acids is 2. The summed E-state index contributed by atoms with van der Waals surface area (Å²) in [5, 5.41) is 2.92. The van der Waals surface area contributed by atoms with Gasteiger partial charge < -0.3 is 19.7 Å². The fourth-order valence-electron chi connectivity index (χ4n) is 4.38. The van der Waals surface area contributed by atoms with Gasteiger partial charge in [-0.2, -0.15) is 0 Å². The summed E-state index contributed by atoms with van der Waals surface area (Å²) in [6.45, 7) is 8.88.